The van der Waals surface area contributed by atoms with E-state index in [0.29, 0.717) is 13.1 Å². The maximum absolute atomic E-state index is 11.0. The Labute approximate surface area is 129 Å². The highest BCUT2D eigenvalue weighted by Crippen LogP contribution is 2.36. The number of hydrogen-bond acceptors (Lipinski definition) is 3. The molecule has 2 aromatic carbocycles. The van der Waals surface area contributed by atoms with Crippen LogP contribution in [0.5, 0.6) is 0 Å². The lowest BCUT2D eigenvalue weighted by atomic mass is 9.83. The molecule has 0 radical (unpaired) electrons. The van der Waals surface area contributed by atoms with Crippen molar-refractivity contribution in [2.45, 2.75) is 12.1 Å². The molecule has 4 nitrogen and oxygen atoms in total. The molecule has 112 valence electrons. The molecule has 1 N–H and O–H groups in total. The summed E-state index contributed by atoms with van der Waals surface area (Å²) in [5, 5.41) is 17.5. The van der Waals surface area contributed by atoms with Gasteiger partial charge < -0.3 is 5.11 Å². The van der Waals surface area contributed by atoms with Crippen molar-refractivity contribution in [3.05, 3.63) is 66.0 Å². The quantitative estimate of drug-likeness (QED) is 0.805. The molecule has 4 rings (SSSR count). The molecule has 1 aromatic heterocycles. The Hall–Kier alpha value is -2.17. The normalized spacial score (nSPS) is 17.5. The third-order valence-corrected chi connectivity index (χ3v) is 4.57. The molecule has 22 heavy (non-hydrogen) atoms. The van der Waals surface area contributed by atoms with Crippen LogP contribution in [0.4, 0.5) is 0 Å². The van der Waals surface area contributed by atoms with Crippen LogP contribution in [0, 0.1) is 0 Å². The Morgan fingerprint density at radius 2 is 1.86 bits per heavy atom. The fourth-order valence-electron chi connectivity index (χ4n) is 3.39. The molecular weight excluding hydrogens is 274 g/mol. The highest BCUT2D eigenvalue weighted by atomic mass is 16.3. The Morgan fingerprint density at radius 3 is 2.64 bits per heavy atom. The van der Waals surface area contributed by atoms with Crippen molar-refractivity contribution >= 4 is 10.8 Å². The number of benzene rings is 2. The summed E-state index contributed by atoms with van der Waals surface area (Å²) in [5.74, 6) is 0. The van der Waals surface area contributed by atoms with Crippen LogP contribution in [0.3, 0.4) is 0 Å². The molecule has 1 saturated heterocycles. The van der Waals surface area contributed by atoms with E-state index < -0.39 is 5.60 Å². The minimum atomic E-state index is -0.751. The van der Waals surface area contributed by atoms with E-state index in [2.05, 4.69) is 28.2 Å². The van der Waals surface area contributed by atoms with Crippen molar-refractivity contribution < 1.29 is 5.11 Å². The van der Waals surface area contributed by atoms with Gasteiger partial charge in [0.25, 0.3) is 0 Å². The molecule has 4 heteroatoms. The monoisotopic (exact) mass is 293 g/mol. The Balaban J connectivity index is 1.57. The summed E-state index contributed by atoms with van der Waals surface area (Å²) < 4.78 is 1.88. The second-order valence-corrected chi connectivity index (χ2v) is 6.15. The summed E-state index contributed by atoms with van der Waals surface area (Å²) >= 11 is 0. The fraction of sp³-hybridized carbons (Fsp3) is 0.278. The van der Waals surface area contributed by atoms with Crippen molar-refractivity contribution in [3.8, 4) is 0 Å². The molecule has 0 spiro atoms. The molecule has 3 aromatic rings. The molecule has 0 amide bonds. The summed E-state index contributed by atoms with van der Waals surface area (Å²) in [5.41, 5.74) is 1.45. The third kappa shape index (κ3) is 2.12. The van der Waals surface area contributed by atoms with Gasteiger partial charge >= 0.3 is 0 Å². The average molecular weight is 293 g/mol. The van der Waals surface area contributed by atoms with Crippen LogP contribution in [-0.2, 0) is 19.2 Å². The highest BCUT2D eigenvalue weighted by Gasteiger charge is 2.43. The first-order valence-corrected chi connectivity index (χ1v) is 7.56. The van der Waals surface area contributed by atoms with Gasteiger partial charge in [0.1, 0.15) is 5.60 Å². The lowest BCUT2D eigenvalue weighted by Crippen LogP contribution is -2.58. The number of likely N-dealkylation sites (tertiary alicyclic amines) is 1. The zero-order valence-corrected chi connectivity index (χ0v) is 12.6. The van der Waals surface area contributed by atoms with E-state index in [0.717, 1.165) is 17.5 Å². The highest BCUT2D eigenvalue weighted by molar-refractivity contribution is 5.86. The van der Waals surface area contributed by atoms with Gasteiger partial charge in [0, 0.05) is 32.9 Å². The van der Waals surface area contributed by atoms with Crippen LogP contribution in [-0.4, -0.2) is 32.9 Å². The molecule has 0 aliphatic carbocycles. The number of aryl methyl sites for hydroxylation is 1. The Kier molecular flexibility index (Phi) is 3.03. The SMILES string of the molecule is Cn1nccc1CN1CC(O)(c2cccc3ccccc23)C1. The van der Waals surface area contributed by atoms with Gasteiger partial charge in [-0.05, 0) is 22.4 Å². The standard InChI is InChI=1S/C18H19N3O/c1-20-15(9-10-19-20)11-21-12-18(22,13-21)17-8-4-6-14-5-2-3-7-16(14)17/h2-10,22H,11-13H2,1H3. The van der Waals surface area contributed by atoms with E-state index in [9.17, 15) is 5.11 Å². The molecule has 1 aliphatic heterocycles. The third-order valence-electron chi connectivity index (χ3n) is 4.57. The van der Waals surface area contributed by atoms with Crippen LogP contribution in [0.15, 0.2) is 54.7 Å². The van der Waals surface area contributed by atoms with Crippen molar-refractivity contribution in [1.29, 1.82) is 0 Å². The van der Waals surface area contributed by atoms with Crippen LogP contribution in [0.25, 0.3) is 10.8 Å². The molecule has 0 unspecified atom stereocenters. The number of hydrogen-bond donors (Lipinski definition) is 1. The maximum atomic E-state index is 11.0. The number of β-amino-alcohol motifs (C(OH)–C–C–N with tert-alkyl or cyclic N) is 1. The van der Waals surface area contributed by atoms with Crippen molar-refractivity contribution in [2.24, 2.45) is 7.05 Å². The van der Waals surface area contributed by atoms with E-state index in [1.807, 2.05) is 48.3 Å². The van der Waals surface area contributed by atoms with E-state index in [1.165, 1.54) is 11.1 Å². The van der Waals surface area contributed by atoms with Crippen LogP contribution in [0.2, 0.25) is 0 Å². The van der Waals surface area contributed by atoms with E-state index in [4.69, 9.17) is 0 Å². The van der Waals surface area contributed by atoms with Crippen molar-refractivity contribution in [2.75, 3.05) is 13.1 Å². The number of aromatic nitrogens is 2. The molecule has 1 fully saturated rings. The van der Waals surface area contributed by atoms with Gasteiger partial charge in [-0.3, -0.25) is 9.58 Å². The summed E-state index contributed by atoms with van der Waals surface area (Å²) in [6, 6.07) is 16.4. The summed E-state index contributed by atoms with van der Waals surface area (Å²) in [4.78, 5) is 2.25. The summed E-state index contributed by atoms with van der Waals surface area (Å²) in [7, 11) is 1.95. The van der Waals surface area contributed by atoms with E-state index in [1.54, 1.807) is 0 Å². The van der Waals surface area contributed by atoms with Gasteiger partial charge in [-0.1, -0.05) is 42.5 Å². The van der Waals surface area contributed by atoms with E-state index >= 15 is 0 Å². The number of fused-ring (bicyclic) bond motifs is 1. The largest absolute Gasteiger partial charge is 0.382 e. The molecule has 0 atom stereocenters. The van der Waals surface area contributed by atoms with Crippen molar-refractivity contribution in [3.63, 3.8) is 0 Å². The first-order chi connectivity index (χ1) is 10.7. The second-order valence-electron chi connectivity index (χ2n) is 6.15. The van der Waals surface area contributed by atoms with Crippen LogP contribution < -0.4 is 0 Å². The van der Waals surface area contributed by atoms with Gasteiger partial charge in [0.15, 0.2) is 0 Å². The van der Waals surface area contributed by atoms with Gasteiger partial charge in [-0.2, -0.15) is 5.10 Å². The van der Waals surface area contributed by atoms with Crippen LogP contribution in [0.1, 0.15) is 11.3 Å². The first-order valence-electron chi connectivity index (χ1n) is 7.56. The lowest BCUT2D eigenvalue weighted by Gasteiger charge is -2.47. The van der Waals surface area contributed by atoms with E-state index in [-0.39, 0.29) is 0 Å². The van der Waals surface area contributed by atoms with Gasteiger partial charge in [-0.25, -0.2) is 0 Å². The topological polar surface area (TPSA) is 41.3 Å². The number of rotatable bonds is 3. The summed E-state index contributed by atoms with van der Waals surface area (Å²) in [6.07, 6.45) is 1.81. The molecule has 0 saturated carbocycles. The van der Waals surface area contributed by atoms with Crippen molar-refractivity contribution in [1.82, 2.24) is 14.7 Å². The minimum absolute atomic E-state index is 0.659. The second kappa shape index (κ2) is 4.93. The Bertz CT molecular complexity index is 813. The number of nitrogens with zero attached hydrogens (tertiary/aromatic N) is 3. The fourth-order valence-corrected chi connectivity index (χ4v) is 3.39. The predicted octanol–water partition coefficient (Wildman–Crippen LogP) is 2.28. The zero-order valence-electron chi connectivity index (χ0n) is 12.6. The molecular formula is C18H19N3O. The van der Waals surface area contributed by atoms with Gasteiger partial charge in [0.05, 0.1) is 5.69 Å². The zero-order chi connectivity index (χ0) is 15.2. The minimum Gasteiger partial charge on any atom is -0.382 e. The molecule has 1 aliphatic rings. The number of aliphatic hydroxyl groups is 1. The maximum Gasteiger partial charge on any atom is 0.115 e. The lowest BCUT2D eigenvalue weighted by molar-refractivity contribution is -0.107. The van der Waals surface area contributed by atoms with Gasteiger partial charge in [-0.15, -0.1) is 0 Å². The Morgan fingerprint density at radius 1 is 1.09 bits per heavy atom. The predicted molar refractivity (Wildman–Crippen MR) is 86.3 cm³/mol. The smallest absolute Gasteiger partial charge is 0.115 e. The van der Waals surface area contributed by atoms with Crippen LogP contribution >= 0.6 is 0 Å². The molecule has 2 heterocycles. The average Bonchev–Trinajstić information content (AvgIpc) is 2.90. The summed E-state index contributed by atoms with van der Waals surface area (Å²) in [6.45, 7) is 2.14. The van der Waals surface area contributed by atoms with Gasteiger partial charge in [0.2, 0.25) is 0 Å². The molecule has 0 bridgehead atoms. The first kappa shape index (κ1) is 13.5.